The van der Waals surface area contributed by atoms with Crippen LogP contribution in [0.4, 0.5) is 10.5 Å². The normalized spacial score (nSPS) is 10.3. The molecule has 2 amide bonds. The highest BCUT2D eigenvalue weighted by atomic mass is 35.5. The molecule has 2 aromatic rings. The SMILES string of the molecule is CN(C)C(=O)Sc1ccccc1NC(=O)c1nc(Cl)ccc1Cl. The predicted octanol–water partition coefficient (Wildman–Crippen LogP) is 4.41. The maximum Gasteiger partial charge on any atom is 0.286 e. The Labute approximate surface area is 148 Å². The van der Waals surface area contributed by atoms with Crippen LogP contribution in [0, 0.1) is 0 Å². The van der Waals surface area contributed by atoms with Crippen molar-refractivity contribution in [2.75, 3.05) is 19.4 Å². The molecule has 1 aromatic heterocycles. The molecule has 1 heterocycles. The van der Waals surface area contributed by atoms with Gasteiger partial charge in [-0.05, 0) is 36.0 Å². The molecule has 1 N–H and O–H groups in total. The number of aromatic nitrogens is 1. The van der Waals surface area contributed by atoms with Gasteiger partial charge in [0.15, 0.2) is 0 Å². The quantitative estimate of drug-likeness (QED) is 0.642. The Balaban J connectivity index is 2.24. The van der Waals surface area contributed by atoms with Crippen molar-refractivity contribution >= 4 is 51.8 Å². The minimum absolute atomic E-state index is 0.0258. The third-order valence-electron chi connectivity index (χ3n) is 2.72. The summed E-state index contributed by atoms with van der Waals surface area (Å²) >= 11 is 12.8. The molecule has 0 bridgehead atoms. The monoisotopic (exact) mass is 369 g/mol. The molecular formula is C15H13Cl2N3O2S. The molecule has 0 radical (unpaired) electrons. The summed E-state index contributed by atoms with van der Waals surface area (Å²) in [4.78, 5) is 30.2. The van der Waals surface area contributed by atoms with Gasteiger partial charge in [0, 0.05) is 19.0 Å². The number of nitrogens with zero attached hydrogens (tertiary/aromatic N) is 2. The van der Waals surface area contributed by atoms with Crippen LogP contribution in [0.25, 0.3) is 0 Å². The van der Waals surface area contributed by atoms with Crippen LogP contribution in [0.15, 0.2) is 41.3 Å². The number of para-hydroxylation sites is 1. The topological polar surface area (TPSA) is 62.3 Å². The molecule has 0 aliphatic carbocycles. The fraction of sp³-hybridized carbons (Fsp3) is 0.133. The number of amides is 2. The van der Waals surface area contributed by atoms with E-state index >= 15 is 0 Å². The van der Waals surface area contributed by atoms with E-state index in [1.165, 1.54) is 17.0 Å². The van der Waals surface area contributed by atoms with Gasteiger partial charge in [0.2, 0.25) is 0 Å². The summed E-state index contributed by atoms with van der Waals surface area (Å²) in [7, 11) is 3.32. The molecule has 23 heavy (non-hydrogen) atoms. The van der Waals surface area contributed by atoms with E-state index in [1.807, 2.05) is 0 Å². The van der Waals surface area contributed by atoms with E-state index in [-0.39, 0.29) is 21.1 Å². The number of thioether (sulfide) groups is 1. The highest BCUT2D eigenvalue weighted by molar-refractivity contribution is 8.13. The Hall–Kier alpha value is -1.76. The van der Waals surface area contributed by atoms with E-state index < -0.39 is 5.91 Å². The van der Waals surface area contributed by atoms with Gasteiger partial charge in [-0.15, -0.1) is 0 Å². The summed E-state index contributed by atoms with van der Waals surface area (Å²) in [5.41, 5.74) is 0.522. The van der Waals surface area contributed by atoms with Gasteiger partial charge in [-0.2, -0.15) is 0 Å². The van der Waals surface area contributed by atoms with Crippen molar-refractivity contribution in [1.82, 2.24) is 9.88 Å². The molecule has 0 saturated carbocycles. The molecule has 120 valence electrons. The van der Waals surface area contributed by atoms with Gasteiger partial charge in [0.25, 0.3) is 11.1 Å². The maximum atomic E-state index is 12.3. The molecule has 0 unspecified atom stereocenters. The summed E-state index contributed by atoms with van der Waals surface area (Å²) in [6.07, 6.45) is 0. The molecule has 8 heteroatoms. The molecular weight excluding hydrogens is 357 g/mol. The van der Waals surface area contributed by atoms with Crippen molar-refractivity contribution in [2.24, 2.45) is 0 Å². The van der Waals surface area contributed by atoms with E-state index in [1.54, 1.807) is 38.4 Å². The number of pyridine rings is 1. The smallest absolute Gasteiger partial charge is 0.286 e. The molecule has 0 aliphatic rings. The molecule has 2 rings (SSSR count). The highest BCUT2D eigenvalue weighted by Gasteiger charge is 2.16. The summed E-state index contributed by atoms with van der Waals surface area (Å²) in [5.74, 6) is -0.497. The van der Waals surface area contributed by atoms with Crippen LogP contribution in [-0.2, 0) is 0 Å². The van der Waals surface area contributed by atoms with Gasteiger partial charge in [0.1, 0.15) is 10.8 Å². The first-order chi connectivity index (χ1) is 10.9. The Bertz CT molecular complexity index is 753. The summed E-state index contributed by atoms with van der Waals surface area (Å²) in [5, 5.41) is 2.92. The third-order valence-corrected chi connectivity index (χ3v) is 4.36. The first-order valence-corrected chi connectivity index (χ1v) is 8.07. The molecule has 5 nitrogen and oxygen atoms in total. The fourth-order valence-corrected chi connectivity index (χ4v) is 2.69. The standard InChI is InChI=1S/C15H13Cl2N3O2S/c1-20(2)15(22)23-11-6-4-3-5-10(11)18-14(21)13-9(16)7-8-12(17)19-13/h3-8H,1-2H3,(H,18,21). The Morgan fingerprint density at radius 2 is 1.83 bits per heavy atom. The van der Waals surface area contributed by atoms with Crippen molar-refractivity contribution in [3.63, 3.8) is 0 Å². The van der Waals surface area contributed by atoms with Crippen LogP contribution in [0.5, 0.6) is 0 Å². The van der Waals surface area contributed by atoms with Crippen LogP contribution in [0.1, 0.15) is 10.5 Å². The second-order valence-corrected chi connectivity index (χ2v) is 6.46. The first-order valence-electron chi connectivity index (χ1n) is 6.50. The largest absolute Gasteiger partial charge is 0.339 e. The maximum absolute atomic E-state index is 12.3. The second-order valence-electron chi connectivity index (χ2n) is 4.68. The molecule has 0 aliphatic heterocycles. The number of halogens is 2. The molecule has 0 saturated heterocycles. The summed E-state index contributed by atoms with van der Waals surface area (Å²) in [6, 6.07) is 9.98. The van der Waals surface area contributed by atoms with Gasteiger partial charge in [0.05, 0.1) is 10.7 Å². The minimum Gasteiger partial charge on any atom is -0.339 e. The van der Waals surface area contributed by atoms with Crippen LogP contribution >= 0.6 is 35.0 Å². The lowest BCUT2D eigenvalue weighted by Crippen LogP contribution is -2.17. The minimum atomic E-state index is -0.497. The number of carbonyl (C=O) groups is 2. The Morgan fingerprint density at radius 1 is 1.13 bits per heavy atom. The average Bonchev–Trinajstić information content (AvgIpc) is 2.51. The van der Waals surface area contributed by atoms with E-state index in [0.717, 1.165) is 11.8 Å². The lowest BCUT2D eigenvalue weighted by Gasteiger charge is -2.13. The number of hydrogen-bond donors (Lipinski definition) is 1. The lowest BCUT2D eigenvalue weighted by atomic mass is 10.3. The lowest BCUT2D eigenvalue weighted by molar-refractivity contribution is 0.102. The highest BCUT2D eigenvalue weighted by Crippen LogP contribution is 2.29. The number of anilines is 1. The molecule has 0 atom stereocenters. The number of rotatable bonds is 3. The third kappa shape index (κ3) is 4.60. The van der Waals surface area contributed by atoms with Crippen molar-refractivity contribution in [1.29, 1.82) is 0 Å². The zero-order valence-electron chi connectivity index (χ0n) is 12.3. The molecule has 0 spiro atoms. The zero-order valence-corrected chi connectivity index (χ0v) is 14.7. The van der Waals surface area contributed by atoms with Crippen molar-refractivity contribution in [3.8, 4) is 0 Å². The average molecular weight is 370 g/mol. The van der Waals surface area contributed by atoms with E-state index in [2.05, 4.69) is 10.3 Å². The number of benzene rings is 1. The van der Waals surface area contributed by atoms with Crippen LogP contribution < -0.4 is 5.32 Å². The van der Waals surface area contributed by atoms with Gasteiger partial charge >= 0.3 is 0 Å². The van der Waals surface area contributed by atoms with Crippen molar-refractivity contribution < 1.29 is 9.59 Å². The van der Waals surface area contributed by atoms with Crippen LogP contribution in [0.3, 0.4) is 0 Å². The Kier molecular flexibility index (Phi) is 5.87. The van der Waals surface area contributed by atoms with Crippen molar-refractivity contribution in [2.45, 2.75) is 4.90 Å². The molecule has 0 fully saturated rings. The Morgan fingerprint density at radius 3 is 2.52 bits per heavy atom. The zero-order chi connectivity index (χ0) is 17.0. The van der Waals surface area contributed by atoms with Crippen LogP contribution in [-0.4, -0.2) is 35.1 Å². The van der Waals surface area contributed by atoms with E-state index in [4.69, 9.17) is 23.2 Å². The summed E-state index contributed by atoms with van der Waals surface area (Å²) < 4.78 is 0. The van der Waals surface area contributed by atoms with Crippen molar-refractivity contribution in [3.05, 3.63) is 52.3 Å². The van der Waals surface area contributed by atoms with Gasteiger partial charge in [-0.3, -0.25) is 9.59 Å². The summed E-state index contributed by atoms with van der Waals surface area (Å²) in [6.45, 7) is 0. The predicted molar refractivity (Wildman–Crippen MR) is 93.6 cm³/mol. The van der Waals surface area contributed by atoms with Gasteiger partial charge in [-0.1, -0.05) is 35.3 Å². The van der Waals surface area contributed by atoms with Gasteiger partial charge in [-0.25, -0.2) is 4.98 Å². The van der Waals surface area contributed by atoms with E-state index in [0.29, 0.717) is 10.6 Å². The fourth-order valence-electron chi connectivity index (χ4n) is 1.60. The van der Waals surface area contributed by atoms with E-state index in [9.17, 15) is 9.59 Å². The first kappa shape index (κ1) is 17.6. The molecule has 1 aromatic carbocycles. The van der Waals surface area contributed by atoms with Crippen LogP contribution in [0.2, 0.25) is 10.2 Å². The second kappa shape index (κ2) is 7.68. The number of nitrogens with one attached hydrogen (secondary N) is 1. The number of hydrogen-bond acceptors (Lipinski definition) is 4. The van der Waals surface area contributed by atoms with Gasteiger partial charge < -0.3 is 10.2 Å². The number of carbonyl (C=O) groups excluding carboxylic acids is 2.